The highest BCUT2D eigenvalue weighted by atomic mass is 16.5. The average Bonchev–Trinajstić information content (AvgIpc) is 2.61. The molecule has 0 radical (unpaired) electrons. The lowest BCUT2D eigenvalue weighted by Gasteiger charge is -2.32. The Morgan fingerprint density at radius 2 is 1.81 bits per heavy atom. The van der Waals surface area contributed by atoms with Gasteiger partial charge >= 0.3 is 5.63 Å². The Morgan fingerprint density at radius 3 is 2.38 bits per heavy atom. The fourth-order valence-corrected chi connectivity index (χ4v) is 3.10. The molecule has 1 amide bonds. The molecule has 2 aromatic rings. The second-order valence-electron chi connectivity index (χ2n) is 6.77. The molecule has 26 heavy (non-hydrogen) atoms. The molecule has 1 fully saturated rings. The molecule has 1 saturated heterocycles. The van der Waals surface area contributed by atoms with Crippen LogP contribution >= 0.6 is 0 Å². The predicted octanol–water partition coefficient (Wildman–Crippen LogP) is 2.70. The molecule has 6 heteroatoms. The first kappa shape index (κ1) is 18.0. The number of carbonyl (C=O) groups excluding carboxylic acids is 1. The van der Waals surface area contributed by atoms with E-state index < -0.39 is 5.63 Å². The van der Waals surface area contributed by atoms with Crippen molar-refractivity contribution in [3.8, 4) is 5.75 Å². The number of hydrogen-bond donors (Lipinski definition) is 0. The van der Waals surface area contributed by atoms with E-state index in [0.717, 1.165) is 18.5 Å². The summed E-state index contributed by atoms with van der Waals surface area (Å²) in [5, 5.41) is 0. The van der Waals surface area contributed by atoms with Gasteiger partial charge in [-0.3, -0.25) is 4.79 Å². The fourth-order valence-electron chi connectivity index (χ4n) is 3.10. The van der Waals surface area contributed by atoms with Crippen molar-refractivity contribution in [2.24, 2.45) is 0 Å². The summed E-state index contributed by atoms with van der Waals surface area (Å²) in [6, 6.07) is 10.7. The van der Waals surface area contributed by atoms with E-state index in [4.69, 9.17) is 9.15 Å². The molecule has 1 aliphatic heterocycles. The third-order valence-electron chi connectivity index (χ3n) is 4.53. The Kier molecular flexibility index (Phi) is 5.30. The zero-order valence-electron chi connectivity index (χ0n) is 15.4. The summed E-state index contributed by atoms with van der Waals surface area (Å²) in [6.45, 7) is 3.00. The van der Waals surface area contributed by atoms with Crippen LogP contribution in [0.1, 0.15) is 29.0 Å². The van der Waals surface area contributed by atoms with Crippen LogP contribution < -0.4 is 15.3 Å². The maximum atomic E-state index is 12.7. The molecule has 0 bridgehead atoms. The number of anilines is 1. The predicted molar refractivity (Wildman–Crippen MR) is 100 cm³/mol. The first-order chi connectivity index (χ1) is 12.4. The quantitative estimate of drug-likeness (QED) is 0.843. The molecule has 1 aromatic carbocycles. The molecule has 0 aliphatic carbocycles. The number of ether oxygens (including phenoxy) is 1. The van der Waals surface area contributed by atoms with Crippen molar-refractivity contribution in [1.82, 2.24) is 4.90 Å². The number of amides is 1. The monoisotopic (exact) mass is 356 g/mol. The molecule has 0 spiro atoms. The van der Waals surface area contributed by atoms with Gasteiger partial charge in [-0.15, -0.1) is 0 Å². The van der Waals surface area contributed by atoms with Gasteiger partial charge in [0.15, 0.2) is 0 Å². The maximum absolute atomic E-state index is 12.7. The van der Waals surface area contributed by atoms with Gasteiger partial charge in [0.05, 0.1) is 6.07 Å². The Bertz CT molecular complexity index is 818. The van der Waals surface area contributed by atoms with E-state index in [2.05, 4.69) is 0 Å². The summed E-state index contributed by atoms with van der Waals surface area (Å²) in [6.07, 6.45) is 1.47. The molecule has 0 unspecified atom stereocenters. The van der Waals surface area contributed by atoms with Crippen molar-refractivity contribution >= 4 is 11.6 Å². The molecule has 138 valence electrons. The largest absolute Gasteiger partial charge is 0.490 e. The van der Waals surface area contributed by atoms with E-state index in [-0.39, 0.29) is 12.0 Å². The van der Waals surface area contributed by atoms with Gasteiger partial charge in [0.2, 0.25) is 0 Å². The van der Waals surface area contributed by atoms with Crippen molar-refractivity contribution in [3.05, 3.63) is 58.1 Å². The number of hydrogen-bond acceptors (Lipinski definition) is 5. The van der Waals surface area contributed by atoms with Gasteiger partial charge in [-0.2, -0.15) is 0 Å². The van der Waals surface area contributed by atoms with Gasteiger partial charge < -0.3 is 19.0 Å². The van der Waals surface area contributed by atoms with Crippen LogP contribution in [-0.2, 0) is 0 Å². The standard InChI is InChI=1S/C20H24N2O4/c1-14-12-18(13-19(23)25-14)26-17-8-10-22(11-9-17)20(24)15-4-6-16(7-5-15)21(2)3/h4-7,12-13,17H,8-11H2,1-3H3. The first-order valence-corrected chi connectivity index (χ1v) is 8.77. The van der Waals surface area contributed by atoms with E-state index in [9.17, 15) is 9.59 Å². The Morgan fingerprint density at radius 1 is 1.15 bits per heavy atom. The normalized spacial score (nSPS) is 15.0. The summed E-state index contributed by atoms with van der Waals surface area (Å²) >= 11 is 0. The summed E-state index contributed by atoms with van der Waals surface area (Å²) in [4.78, 5) is 27.9. The van der Waals surface area contributed by atoms with E-state index in [1.807, 2.05) is 48.2 Å². The molecular weight excluding hydrogens is 332 g/mol. The summed E-state index contributed by atoms with van der Waals surface area (Å²) in [5.41, 5.74) is 1.36. The van der Waals surface area contributed by atoms with Crippen LogP contribution in [0.15, 0.2) is 45.6 Å². The van der Waals surface area contributed by atoms with Gasteiger partial charge in [0, 0.05) is 57.3 Å². The number of likely N-dealkylation sites (tertiary alicyclic amines) is 1. The van der Waals surface area contributed by atoms with Crippen LogP contribution in [0.4, 0.5) is 5.69 Å². The van der Waals surface area contributed by atoms with Crippen LogP contribution in [0.3, 0.4) is 0 Å². The lowest BCUT2D eigenvalue weighted by atomic mass is 10.1. The number of nitrogens with zero attached hydrogens (tertiary/aromatic N) is 2. The smallest absolute Gasteiger partial charge is 0.339 e. The van der Waals surface area contributed by atoms with E-state index in [0.29, 0.717) is 30.2 Å². The maximum Gasteiger partial charge on any atom is 0.339 e. The zero-order valence-corrected chi connectivity index (χ0v) is 15.4. The van der Waals surface area contributed by atoms with E-state index in [1.165, 1.54) is 6.07 Å². The van der Waals surface area contributed by atoms with Crippen molar-refractivity contribution in [1.29, 1.82) is 0 Å². The highest BCUT2D eigenvalue weighted by molar-refractivity contribution is 5.94. The van der Waals surface area contributed by atoms with E-state index >= 15 is 0 Å². The molecule has 0 N–H and O–H groups in total. The van der Waals surface area contributed by atoms with Gasteiger partial charge in [0.1, 0.15) is 17.6 Å². The zero-order chi connectivity index (χ0) is 18.7. The van der Waals surface area contributed by atoms with Crippen molar-refractivity contribution < 1.29 is 13.9 Å². The molecule has 3 rings (SSSR count). The second-order valence-corrected chi connectivity index (χ2v) is 6.77. The number of rotatable bonds is 4. The summed E-state index contributed by atoms with van der Waals surface area (Å²) in [5.74, 6) is 1.11. The van der Waals surface area contributed by atoms with Gasteiger partial charge in [-0.25, -0.2) is 4.79 Å². The Balaban J connectivity index is 1.57. The topological polar surface area (TPSA) is 63.0 Å². The highest BCUT2D eigenvalue weighted by Gasteiger charge is 2.25. The van der Waals surface area contributed by atoms with Crippen LogP contribution in [0.5, 0.6) is 5.75 Å². The Labute approximate surface area is 153 Å². The molecule has 6 nitrogen and oxygen atoms in total. The minimum absolute atomic E-state index is 0.00336. The Hall–Kier alpha value is -2.76. The van der Waals surface area contributed by atoms with Gasteiger partial charge in [0.25, 0.3) is 5.91 Å². The molecule has 0 saturated carbocycles. The highest BCUT2D eigenvalue weighted by Crippen LogP contribution is 2.21. The van der Waals surface area contributed by atoms with Crippen LogP contribution in [0.2, 0.25) is 0 Å². The second kappa shape index (κ2) is 7.64. The van der Waals surface area contributed by atoms with Crippen LogP contribution in [0, 0.1) is 6.92 Å². The summed E-state index contributed by atoms with van der Waals surface area (Å²) in [7, 11) is 3.94. The van der Waals surface area contributed by atoms with Gasteiger partial charge in [-0.05, 0) is 31.2 Å². The molecule has 1 aromatic heterocycles. The molecule has 2 heterocycles. The van der Waals surface area contributed by atoms with Crippen molar-refractivity contribution in [2.75, 3.05) is 32.1 Å². The van der Waals surface area contributed by atoms with Crippen molar-refractivity contribution in [3.63, 3.8) is 0 Å². The number of aryl methyl sites for hydroxylation is 1. The minimum Gasteiger partial charge on any atom is -0.490 e. The van der Waals surface area contributed by atoms with E-state index in [1.54, 1.807) is 13.0 Å². The third kappa shape index (κ3) is 4.25. The van der Waals surface area contributed by atoms with Crippen LogP contribution in [0.25, 0.3) is 0 Å². The molecule has 1 aliphatic rings. The number of benzene rings is 1. The third-order valence-corrected chi connectivity index (χ3v) is 4.53. The minimum atomic E-state index is -0.409. The number of carbonyl (C=O) groups is 1. The average molecular weight is 356 g/mol. The summed E-state index contributed by atoms with van der Waals surface area (Å²) < 4.78 is 10.8. The fraction of sp³-hybridized carbons (Fsp3) is 0.400. The molecule has 0 atom stereocenters. The number of piperidine rings is 1. The lowest BCUT2D eigenvalue weighted by molar-refractivity contribution is 0.0594. The van der Waals surface area contributed by atoms with Crippen LogP contribution in [-0.4, -0.2) is 44.1 Å². The van der Waals surface area contributed by atoms with Gasteiger partial charge in [-0.1, -0.05) is 0 Å². The lowest BCUT2D eigenvalue weighted by Crippen LogP contribution is -2.41. The first-order valence-electron chi connectivity index (χ1n) is 8.77. The van der Waals surface area contributed by atoms with Crippen molar-refractivity contribution in [2.45, 2.75) is 25.9 Å². The SMILES string of the molecule is Cc1cc(OC2CCN(C(=O)c3ccc(N(C)C)cc3)CC2)cc(=O)o1. The molecular formula is C20H24N2O4.